The van der Waals surface area contributed by atoms with Crippen LogP contribution in [-0.4, -0.2) is 38.4 Å². The third-order valence-corrected chi connectivity index (χ3v) is 6.36. The number of benzene rings is 2. The normalized spacial score (nSPS) is 17.3. The zero-order valence-electron chi connectivity index (χ0n) is 17.6. The van der Waals surface area contributed by atoms with Gasteiger partial charge in [-0.15, -0.1) is 10.2 Å². The first-order valence-corrected chi connectivity index (χ1v) is 11.6. The van der Waals surface area contributed by atoms with Gasteiger partial charge in [-0.2, -0.15) is 0 Å². The van der Waals surface area contributed by atoms with Crippen molar-refractivity contribution < 1.29 is 14.3 Å². The Bertz CT molecular complexity index is 1160. The lowest BCUT2D eigenvalue weighted by atomic mass is 10.2. The highest BCUT2D eigenvalue weighted by atomic mass is 32.2. The van der Waals surface area contributed by atoms with E-state index in [1.54, 1.807) is 25.1 Å². The fourth-order valence-corrected chi connectivity index (χ4v) is 4.32. The highest BCUT2D eigenvalue weighted by Gasteiger charge is 2.30. The van der Waals surface area contributed by atoms with E-state index in [1.165, 1.54) is 17.3 Å². The number of hydrogen-bond donors (Lipinski definition) is 2. The number of carbonyl (C=O) groups excluding carboxylic acids is 2. The Labute approximate surface area is 189 Å². The minimum atomic E-state index is -0.534. The fourth-order valence-electron chi connectivity index (χ4n) is 3.58. The van der Waals surface area contributed by atoms with Crippen molar-refractivity contribution in [1.82, 2.24) is 14.8 Å². The van der Waals surface area contributed by atoms with Gasteiger partial charge in [-0.3, -0.25) is 9.59 Å². The lowest BCUT2D eigenvalue weighted by Crippen LogP contribution is -2.34. The summed E-state index contributed by atoms with van der Waals surface area (Å²) < 4.78 is 7.67. The first kappa shape index (κ1) is 20.6. The lowest BCUT2D eigenvalue weighted by Gasteiger charge is -2.23. The van der Waals surface area contributed by atoms with E-state index in [-0.39, 0.29) is 17.6 Å². The molecule has 3 aromatic rings. The summed E-state index contributed by atoms with van der Waals surface area (Å²) in [6, 6.07) is 15.4. The average Bonchev–Trinajstić information content (AvgIpc) is 3.55. The fraction of sp³-hybridized carbons (Fsp3) is 0.304. The summed E-state index contributed by atoms with van der Waals surface area (Å²) in [5.74, 6) is 1.89. The third kappa shape index (κ3) is 4.47. The number of ether oxygens (including phenoxy) is 1. The van der Waals surface area contributed by atoms with E-state index in [9.17, 15) is 9.59 Å². The van der Waals surface area contributed by atoms with Gasteiger partial charge >= 0.3 is 0 Å². The van der Waals surface area contributed by atoms with Crippen molar-refractivity contribution in [3.8, 4) is 5.75 Å². The molecule has 0 bridgehead atoms. The standard InChI is InChI=1S/C23H23N5O3S/c1-14-22(30)25-18-11-17(9-10-19(18)31-14)24-20(29)13-32-23-27-26-21(16-7-8-16)28(23)12-15-5-3-2-4-6-15/h2-6,9-11,14,16H,7-8,12-13H2,1H3,(H,24,29)(H,25,30). The molecular formula is C23H23N5O3S. The number of fused-ring (bicyclic) bond motifs is 1. The van der Waals surface area contributed by atoms with Crippen LogP contribution in [0.5, 0.6) is 5.75 Å². The average molecular weight is 450 g/mol. The van der Waals surface area contributed by atoms with Gasteiger partial charge < -0.3 is 19.9 Å². The topological polar surface area (TPSA) is 98.1 Å². The van der Waals surface area contributed by atoms with Crippen LogP contribution >= 0.6 is 11.8 Å². The highest BCUT2D eigenvalue weighted by molar-refractivity contribution is 7.99. The number of carbonyl (C=O) groups is 2. The van der Waals surface area contributed by atoms with E-state index in [0.29, 0.717) is 29.6 Å². The van der Waals surface area contributed by atoms with Crippen molar-refractivity contribution in [2.45, 2.75) is 43.5 Å². The second kappa shape index (κ2) is 8.66. The smallest absolute Gasteiger partial charge is 0.265 e. The predicted octanol–water partition coefficient (Wildman–Crippen LogP) is 3.65. The number of nitrogens with zero attached hydrogens (tertiary/aromatic N) is 3. The lowest BCUT2D eigenvalue weighted by molar-refractivity contribution is -0.122. The molecule has 1 atom stereocenters. The quantitative estimate of drug-likeness (QED) is 0.534. The third-order valence-electron chi connectivity index (χ3n) is 5.40. The molecule has 1 aliphatic carbocycles. The Morgan fingerprint density at radius 3 is 2.81 bits per heavy atom. The molecule has 2 N–H and O–H groups in total. The summed E-state index contributed by atoms with van der Waals surface area (Å²) in [6.07, 6.45) is 1.73. The molecule has 1 unspecified atom stereocenters. The Kier molecular flexibility index (Phi) is 5.57. The minimum Gasteiger partial charge on any atom is -0.479 e. The van der Waals surface area contributed by atoms with Crippen LogP contribution in [0.2, 0.25) is 0 Å². The number of anilines is 2. The molecule has 0 spiro atoms. The van der Waals surface area contributed by atoms with Gasteiger partial charge in [0.15, 0.2) is 11.3 Å². The molecule has 2 aliphatic rings. The monoisotopic (exact) mass is 449 g/mol. The highest BCUT2D eigenvalue weighted by Crippen LogP contribution is 2.40. The van der Waals surface area contributed by atoms with Crippen molar-refractivity contribution >= 4 is 35.0 Å². The number of aromatic nitrogens is 3. The van der Waals surface area contributed by atoms with Crippen molar-refractivity contribution in [2.75, 3.05) is 16.4 Å². The van der Waals surface area contributed by atoms with Gasteiger partial charge in [-0.25, -0.2) is 0 Å². The van der Waals surface area contributed by atoms with Crippen molar-refractivity contribution in [3.63, 3.8) is 0 Å². The van der Waals surface area contributed by atoms with Gasteiger partial charge in [0.2, 0.25) is 5.91 Å². The first-order valence-electron chi connectivity index (χ1n) is 10.6. The van der Waals surface area contributed by atoms with E-state index in [2.05, 4.69) is 37.5 Å². The molecule has 1 aromatic heterocycles. The second-order valence-electron chi connectivity index (χ2n) is 7.98. The van der Waals surface area contributed by atoms with Gasteiger partial charge in [-0.1, -0.05) is 42.1 Å². The number of rotatable bonds is 7. The molecule has 1 saturated carbocycles. The van der Waals surface area contributed by atoms with Crippen LogP contribution in [-0.2, 0) is 16.1 Å². The van der Waals surface area contributed by atoms with Crippen LogP contribution in [0.3, 0.4) is 0 Å². The summed E-state index contributed by atoms with van der Waals surface area (Å²) in [5.41, 5.74) is 2.32. The van der Waals surface area contributed by atoms with Crippen LogP contribution in [0, 0.1) is 0 Å². The number of hydrogen-bond acceptors (Lipinski definition) is 6. The van der Waals surface area contributed by atoms with Crippen LogP contribution < -0.4 is 15.4 Å². The maximum atomic E-state index is 12.6. The Morgan fingerprint density at radius 1 is 1.22 bits per heavy atom. The van der Waals surface area contributed by atoms with Crippen molar-refractivity contribution in [2.24, 2.45) is 0 Å². The van der Waals surface area contributed by atoms with E-state index in [0.717, 1.165) is 23.8 Å². The molecule has 32 heavy (non-hydrogen) atoms. The summed E-state index contributed by atoms with van der Waals surface area (Å²) in [4.78, 5) is 24.4. The van der Waals surface area contributed by atoms with Gasteiger partial charge in [0.1, 0.15) is 11.6 Å². The molecule has 0 radical (unpaired) electrons. The predicted molar refractivity (Wildman–Crippen MR) is 122 cm³/mol. The second-order valence-corrected chi connectivity index (χ2v) is 8.93. The summed E-state index contributed by atoms with van der Waals surface area (Å²) >= 11 is 1.37. The first-order chi connectivity index (χ1) is 15.6. The number of nitrogens with one attached hydrogen (secondary N) is 2. The SMILES string of the molecule is CC1Oc2ccc(NC(=O)CSc3nnc(C4CC4)n3Cc3ccccc3)cc2NC1=O. The molecule has 9 heteroatoms. The zero-order valence-corrected chi connectivity index (χ0v) is 18.4. The molecule has 2 amide bonds. The maximum Gasteiger partial charge on any atom is 0.265 e. The molecule has 0 saturated heterocycles. The molecule has 2 heterocycles. The van der Waals surface area contributed by atoms with E-state index < -0.39 is 6.10 Å². The Hall–Kier alpha value is -3.33. The molecule has 5 rings (SSSR count). The molecule has 8 nitrogen and oxygen atoms in total. The number of amides is 2. The van der Waals surface area contributed by atoms with Gasteiger partial charge in [0.25, 0.3) is 5.91 Å². The van der Waals surface area contributed by atoms with E-state index >= 15 is 0 Å². The molecular weight excluding hydrogens is 426 g/mol. The van der Waals surface area contributed by atoms with E-state index in [4.69, 9.17) is 4.74 Å². The maximum absolute atomic E-state index is 12.6. The van der Waals surface area contributed by atoms with Crippen LogP contribution in [0.15, 0.2) is 53.7 Å². The Morgan fingerprint density at radius 2 is 2.03 bits per heavy atom. The van der Waals surface area contributed by atoms with Gasteiger partial charge in [-0.05, 0) is 43.5 Å². The molecule has 1 aliphatic heterocycles. The van der Waals surface area contributed by atoms with Crippen LogP contribution in [0.4, 0.5) is 11.4 Å². The zero-order chi connectivity index (χ0) is 22.1. The van der Waals surface area contributed by atoms with Crippen LogP contribution in [0.25, 0.3) is 0 Å². The molecule has 1 fully saturated rings. The van der Waals surface area contributed by atoms with Crippen molar-refractivity contribution in [3.05, 3.63) is 59.9 Å². The largest absolute Gasteiger partial charge is 0.479 e. The van der Waals surface area contributed by atoms with E-state index in [1.807, 2.05) is 18.2 Å². The van der Waals surface area contributed by atoms with Gasteiger partial charge in [0.05, 0.1) is 18.0 Å². The van der Waals surface area contributed by atoms with Gasteiger partial charge in [0, 0.05) is 11.6 Å². The summed E-state index contributed by atoms with van der Waals surface area (Å²) in [7, 11) is 0. The summed E-state index contributed by atoms with van der Waals surface area (Å²) in [6.45, 7) is 2.38. The Balaban J connectivity index is 1.25. The van der Waals surface area contributed by atoms with Crippen LogP contribution in [0.1, 0.15) is 37.1 Å². The number of thioether (sulfide) groups is 1. The molecule has 2 aromatic carbocycles. The van der Waals surface area contributed by atoms with Crippen molar-refractivity contribution in [1.29, 1.82) is 0 Å². The summed E-state index contributed by atoms with van der Waals surface area (Å²) in [5, 5.41) is 15.2. The minimum absolute atomic E-state index is 0.159. The molecule has 164 valence electrons.